The number of hydrogen-bond acceptors (Lipinski definition) is 2. The zero-order valence-corrected chi connectivity index (χ0v) is 9.78. The molecule has 0 amide bonds. The van der Waals surface area contributed by atoms with E-state index in [4.69, 9.17) is 0 Å². The number of hydrogen-bond donors (Lipinski definition) is 0. The van der Waals surface area contributed by atoms with E-state index in [0.717, 1.165) is 5.65 Å². The van der Waals surface area contributed by atoms with E-state index in [9.17, 15) is 4.79 Å². The van der Waals surface area contributed by atoms with Gasteiger partial charge in [0.25, 0.3) is 0 Å². The van der Waals surface area contributed by atoms with Gasteiger partial charge < -0.3 is 4.57 Å². The molecular weight excluding hydrogens is 224 g/mol. The maximum absolute atomic E-state index is 11.7. The van der Waals surface area contributed by atoms with E-state index in [2.05, 4.69) is 17.1 Å². The first-order chi connectivity index (χ1) is 8.84. The molecule has 88 valence electrons. The highest BCUT2D eigenvalue weighted by molar-refractivity contribution is 5.74. The Bertz CT molecular complexity index is 732. The average molecular weight is 236 g/mol. The molecule has 18 heavy (non-hydrogen) atoms. The van der Waals surface area contributed by atoms with Gasteiger partial charge in [-0.05, 0) is 17.7 Å². The maximum Gasteiger partial charge on any atom is 0.191 e. The van der Waals surface area contributed by atoms with Gasteiger partial charge in [-0.2, -0.15) is 0 Å². The third kappa shape index (κ3) is 1.91. The highest BCUT2D eigenvalue weighted by atomic mass is 16.1. The Kier molecular flexibility index (Phi) is 2.65. The summed E-state index contributed by atoms with van der Waals surface area (Å²) in [5.74, 6) is 0. The number of fused-ring (bicyclic) bond motifs is 1. The topological polar surface area (TPSA) is 34.9 Å². The fourth-order valence-corrected chi connectivity index (χ4v) is 2.04. The third-order valence-electron chi connectivity index (χ3n) is 2.93. The van der Waals surface area contributed by atoms with Crippen LogP contribution in [0.25, 0.3) is 11.0 Å². The molecule has 3 aromatic rings. The molecule has 2 heterocycles. The van der Waals surface area contributed by atoms with Crippen LogP contribution in [0, 0.1) is 0 Å². The number of nitrogens with zero attached hydrogens (tertiary/aromatic N) is 2. The van der Waals surface area contributed by atoms with Crippen LogP contribution in [0.5, 0.6) is 0 Å². The zero-order valence-electron chi connectivity index (χ0n) is 9.78. The molecule has 0 spiro atoms. The molecule has 0 unspecified atom stereocenters. The summed E-state index contributed by atoms with van der Waals surface area (Å²) >= 11 is 0. The molecule has 0 fully saturated rings. The summed E-state index contributed by atoms with van der Waals surface area (Å²) in [4.78, 5) is 16.0. The van der Waals surface area contributed by atoms with Crippen molar-refractivity contribution in [2.24, 2.45) is 0 Å². The fourth-order valence-electron chi connectivity index (χ4n) is 2.04. The van der Waals surface area contributed by atoms with Crippen molar-refractivity contribution >= 4 is 11.0 Å². The van der Waals surface area contributed by atoms with E-state index < -0.39 is 0 Å². The van der Waals surface area contributed by atoms with E-state index in [1.807, 2.05) is 28.8 Å². The van der Waals surface area contributed by atoms with Crippen molar-refractivity contribution in [2.45, 2.75) is 6.54 Å². The van der Waals surface area contributed by atoms with Gasteiger partial charge in [0.05, 0.1) is 5.39 Å². The number of benzene rings is 1. The van der Waals surface area contributed by atoms with Crippen molar-refractivity contribution in [1.29, 1.82) is 0 Å². The highest BCUT2D eigenvalue weighted by Crippen LogP contribution is 2.09. The largest absolute Gasteiger partial charge is 0.328 e. The van der Waals surface area contributed by atoms with Gasteiger partial charge in [0.2, 0.25) is 0 Å². The van der Waals surface area contributed by atoms with Crippen LogP contribution in [-0.2, 0) is 6.54 Å². The van der Waals surface area contributed by atoms with Crippen molar-refractivity contribution in [3.05, 3.63) is 76.7 Å². The Morgan fingerprint density at radius 1 is 1.00 bits per heavy atom. The van der Waals surface area contributed by atoms with Gasteiger partial charge in [-0.3, -0.25) is 4.79 Å². The molecular formula is C15H12N2O. The molecule has 0 N–H and O–H groups in total. The van der Waals surface area contributed by atoms with Crippen LogP contribution in [0.3, 0.4) is 0 Å². The van der Waals surface area contributed by atoms with Crippen LogP contribution in [0.4, 0.5) is 0 Å². The van der Waals surface area contributed by atoms with E-state index in [-0.39, 0.29) is 5.43 Å². The van der Waals surface area contributed by atoms with Crippen LogP contribution >= 0.6 is 0 Å². The summed E-state index contributed by atoms with van der Waals surface area (Å²) in [5.41, 5.74) is 1.93. The molecule has 0 aliphatic heterocycles. The van der Waals surface area contributed by atoms with Crippen LogP contribution < -0.4 is 5.43 Å². The van der Waals surface area contributed by atoms with Gasteiger partial charge in [0.1, 0.15) is 5.65 Å². The lowest BCUT2D eigenvalue weighted by atomic mass is 10.2. The molecule has 0 aliphatic rings. The Labute approximate surface area is 104 Å². The SMILES string of the molecule is O=c1ccn(Cc2ccccc2)c2ncccc12. The first kappa shape index (κ1) is 10.7. The summed E-state index contributed by atoms with van der Waals surface area (Å²) in [7, 11) is 0. The minimum Gasteiger partial charge on any atom is -0.328 e. The molecule has 3 nitrogen and oxygen atoms in total. The van der Waals surface area contributed by atoms with Crippen LogP contribution in [0.2, 0.25) is 0 Å². The van der Waals surface area contributed by atoms with Crippen molar-refractivity contribution in [3.63, 3.8) is 0 Å². The summed E-state index contributed by atoms with van der Waals surface area (Å²) in [5, 5.41) is 0.663. The Hall–Kier alpha value is -2.42. The van der Waals surface area contributed by atoms with Crippen molar-refractivity contribution in [2.75, 3.05) is 0 Å². The predicted molar refractivity (Wildman–Crippen MR) is 71.5 cm³/mol. The molecule has 2 aromatic heterocycles. The van der Waals surface area contributed by atoms with E-state index in [0.29, 0.717) is 11.9 Å². The van der Waals surface area contributed by atoms with Crippen molar-refractivity contribution in [3.8, 4) is 0 Å². The lowest BCUT2D eigenvalue weighted by Crippen LogP contribution is -2.09. The quantitative estimate of drug-likeness (QED) is 0.685. The second-order valence-electron chi connectivity index (χ2n) is 4.17. The molecule has 1 aromatic carbocycles. The molecule has 3 heteroatoms. The number of aromatic nitrogens is 2. The molecule has 0 saturated heterocycles. The van der Waals surface area contributed by atoms with Gasteiger partial charge in [-0.25, -0.2) is 4.98 Å². The summed E-state index contributed by atoms with van der Waals surface area (Å²) in [6.07, 6.45) is 3.51. The van der Waals surface area contributed by atoms with Crippen molar-refractivity contribution in [1.82, 2.24) is 9.55 Å². The van der Waals surface area contributed by atoms with E-state index in [1.54, 1.807) is 24.5 Å². The van der Waals surface area contributed by atoms with E-state index >= 15 is 0 Å². The Morgan fingerprint density at radius 2 is 1.83 bits per heavy atom. The monoisotopic (exact) mass is 236 g/mol. The van der Waals surface area contributed by atoms with Gasteiger partial charge in [0, 0.05) is 25.0 Å². The minimum absolute atomic E-state index is 0.0161. The Balaban J connectivity index is 2.13. The van der Waals surface area contributed by atoms with Crippen LogP contribution in [0.1, 0.15) is 5.56 Å². The van der Waals surface area contributed by atoms with Crippen LogP contribution in [0.15, 0.2) is 65.7 Å². The second kappa shape index (κ2) is 4.45. The third-order valence-corrected chi connectivity index (χ3v) is 2.93. The lowest BCUT2D eigenvalue weighted by molar-refractivity contribution is 0.813. The minimum atomic E-state index is 0.0161. The molecule has 0 aliphatic carbocycles. The van der Waals surface area contributed by atoms with Crippen LogP contribution in [-0.4, -0.2) is 9.55 Å². The standard InChI is InChI=1S/C15H12N2O/c18-14-8-10-17(11-12-5-2-1-3-6-12)15-13(14)7-4-9-16-15/h1-10H,11H2. The highest BCUT2D eigenvalue weighted by Gasteiger charge is 2.03. The number of rotatable bonds is 2. The summed E-state index contributed by atoms with van der Waals surface area (Å²) in [6, 6.07) is 15.3. The summed E-state index contributed by atoms with van der Waals surface area (Å²) < 4.78 is 1.99. The molecule has 3 rings (SSSR count). The predicted octanol–water partition coefficient (Wildman–Crippen LogP) is 2.44. The molecule has 0 atom stereocenters. The lowest BCUT2D eigenvalue weighted by Gasteiger charge is -2.09. The Morgan fingerprint density at radius 3 is 2.67 bits per heavy atom. The number of pyridine rings is 2. The van der Waals surface area contributed by atoms with Gasteiger partial charge >= 0.3 is 0 Å². The van der Waals surface area contributed by atoms with Gasteiger partial charge in [0.15, 0.2) is 5.43 Å². The smallest absolute Gasteiger partial charge is 0.191 e. The molecule has 0 bridgehead atoms. The van der Waals surface area contributed by atoms with Crippen molar-refractivity contribution < 1.29 is 0 Å². The molecule has 0 saturated carbocycles. The normalized spacial score (nSPS) is 10.7. The maximum atomic E-state index is 11.7. The fraction of sp³-hybridized carbons (Fsp3) is 0.0667. The van der Waals surface area contributed by atoms with Gasteiger partial charge in [-0.1, -0.05) is 30.3 Å². The zero-order chi connectivity index (χ0) is 12.4. The van der Waals surface area contributed by atoms with E-state index in [1.165, 1.54) is 5.56 Å². The average Bonchev–Trinajstić information content (AvgIpc) is 2.44. The molecule has 0 radical (unpaired) electrons. The first-order valence-electron chi connectivity index (χ1n) is 5.83. The summed E-state index contributed by atoms with van der Waals surface area (Å²) in [6.45, 7) is 0.717. The van der Waals surface area contributed by atoms with Gasteiger partial charge in [-0.15, -0.1) is 0 Å². The second-order valence-corrected chi connectivity index (χ2v) is 4.17. The first-order valence-corrected chi connectivity index (χ1v) is 5.83.